The highest BCUT2D eigenvalue weighted by Gasteiger charge is 2.18. The van der Waals surface area contributed by atoms with Gasteiger partial charge in [0.2, 0.25) is 5.91 Å². The molecular formula is C20H38N4O3. The van der Waals surface area contributed by atoms with Gasteiger partial charge in [0.05, 0.1) is 0 Å². The minimum absolute atomic E-state index is 0.174. The zero-order valence-electron chi connectivity index (χ0n) is 16.9. The number of ether oxygens (including phenoxy) is 2. The molecule has 1 aliphatic heterocycles. The van der Waals surface area contributed by atoms with E-state index in [-0.39, 0.29) is 5.91 Å². The molecule has 1 aliphatic carbocycles. The summed E-state index contributed by atoms with van der Waals surface area (Å²) in [6.45, 7) is 5.48. The third-order valence-corrected chi connectivity index (χ3v) is 5.36. The van der Waals surface area contributed by atoms with Crippen molar-refractivity contribution in [1.29, 1.82) is 0 Å². The Bertz CT molecular complexity index is 433. The first-order valence-corrected chi connectivity index (χ1v) is 10.6. The van der Waals surface area contributed by atoms with Crippen molar-refractivity contribution in [2.24, 2.45) is 16.8 Å². The van der Waals surface area contributed by atoms with E-state index in [2.05, 4.69) is 20.9 Å². The Labute approximate surface area is 164 Å². The molecule has 1 saturated carbocycles. The number of hydrogen-bond acceptors (Lipinski definition) is 4. The van der Waals surface area contributed by atoms with Crippen LogP contribution >= 0.6 is 0 Å². The number of carbonyl (C=O) groups excluding carboxylic acids is 1. The molecule has 0 bridgehead atoms. The third-order valence-electron chi connectivity index (χ3n) is 5.36. The lowest BCUT2D eigenvalue weighted by atomic mass is 10.0. The maximum absolute atomic E-state index is 11.9. The lowest BCUT2D eigenvalue weighted by molar-refractivity contribution is -0.121. The number of nitrogens with zero attached hydrogens (tertiary/aromatic N) is 1. The molecular weight excluding hydrogens is 344 g/mol. The predicted octanol–water partition coefficient (Wildman–Crippen LogP) is 1.68. The van der Waals surface area contributed by atoms with Gasteiger partial charge in [-0.2, -0.15) is 0 Å². The highest BCUT2D eigenvalue weighted by molar-refractivity contribution is 5.79. The molecule has 0 aromatic heterocycles. The number of carbonyl (C=O) groups is 1. The standard InChI is InChI=1S/C20H38N4O3/c1-21-20(23-9-4-12-27-16-18-7-13-26-14-8-18)24-11-10-22-19(25)15-17-5-2-3-6-17/h17-18H,2-16H2,1H3,(H,22,25)(H2,21,23,24). The van der Waals surface area contributed by atoms with E-state index in [0.717, 1.165) is 58.2 Å². The van der Waals surface area contributed by atoms with E-state index in [4.69, 9.17) is 9.47 Å². The van der Waals surface area contributed by atoms with E-state index in [1.165, 1.54) is 25.7 Å². The van der Waals surface area contributed by atoms with Crippen LogP contribution in [0.4, 0.5) is 0 Å². The molecule has 156 valence electrons. The number of aliphatic imine (C=N–C) groups is 1. The van der Waals surface area contributed by atoms with Gasteiger partial charge in [-0.15, -0.1) is 0 Å². The fourth-order valence-electron chi connectivity index (χ4n) is 3.70. The van der Waals surface area contributed by atoms with Crippen LogP contribution in [-0.2, 0) is 14.3 Å². The van der Waals surface area contributed by atoms with Gasteiger partial charge in [0, 0.05) is 59.5 Å². The van der Waals surface area contributed by atoms with Crippen LogP contribution in [0.3, 0.4) is 0 Å². The zero-order chi connectivity index (χ0) is 19.2. The maximum Gasteiger partial charge on any atom is 0.220 e. The van der Waals surface area contributed by atoms with E-state index in [9.17, 15) is 4.79 Å². The summed E-state index contributed by atoms with van der Waals surface area (Å²) < 4.78 is 11.1. The van der Waals surface area contributed by atoms with Gasteiger partial charge < -0.3 is 25.4 Å². The number of nitrogens with one attached hydrogen (secondary N) is 3. The van der Waals surface area contributed by atoms with Crippen molar-refractivity contribution < 1.29 is 14.3 Å². The molecule has 1 amide bonds. The molecule has 1 heterocycles. The molecule has 2 rings (SSSR count). The summed E-state index contributed by atoms with van der Waals surface area (Å²) >= 11 is 0. The first kappa shape index (κ1) is 22.0. The molecule has 0 spiro atoms. The fraction of sp³-hybridized carbons (Fsp3) is 0.900. The van der Waals surface area contributed by atoms with Crippen LogP contribution in [0, 0.1) is 11.8 Å². The Morgan fingerprint density at radius 2 is 1.70 bits per heavy atom. The summed E-state index contributed by atoms with van der Waals surface area (Å²) in [4.78, 5) is 16.1. The minimum Gasteiger partial charge on any atom is -0.381 e. The summed E-state index contributed by atoms with van der Waals surface area (Å²) in [6, 6.07) is 0. The molecule has 0 aromatic carbocycles. The first-order valence-electron chi connectivity index (χ1n) is 10.6. The summed E-state index contributed by atoms with van der Waals surface area (Å²) in [5, 5.41) is 9.50. The topological polar surface area (TPSA) is 84.0 Å². The molecule has 0 aromatic rings. The van der Waals surface area contributed by atoms with Gasteiger partial charge in [-0.05, 0) is 43.9 Å². The van der Waals surface area contributed by atoms with Gasteiger partial charge in [-0.1, -0.05) is 12.8 Å². The lowest BCUT2D eigenvalue weighted by Gasteiger charge is -2.21. The van der Waals surface area contributed by atoms with Crippen LogP contribution in [0.25, 0.3) is 0 Å². The average Bonchev–Trinajstić information content (AvgIpc) is 3.20. The second kappa shape index (κ2) is 13.8. The van der Waals surface area contributed by atoms with Crippen LogP contribution in [-0.4, -0.2) is 65.0 Å². The van der Waals surface area contributed by atoms with Crippen LogP contribution < -0.4 is 16.0 Å². The average molecular weight is 383 g/mol. The van der Waals surface area contributed by atoms with E-state index < -0.39 is 0 Å². The van der Waals surface area contributed by atoms with Crippen molar-refractivity contribution in [3.05, 3.63) is 0 Å². The smallest absolute Gasteiger partial charge is 0.220 e. The van der Waals surface area contributed by atoms with Gasteiger partial charge in [0.1, 0.15) is 0 Å². The minimum atomic E-state index is 0.174. The third kappa shape index (κ3) is 9.96. The molecule has 3 N–H and O–H groups in total. The monoisotopic (exact) mass is 382 g/mol. The van der Waals surface area contributed by atoms with Crippen LogP contribution in [0.15, 0.2) is 4.99 Å². The molecule has 2 aliphatic rings. The Morgan fingerprint density at radius 1 is 1.00 bits per heavy atom. The molecule has 27 heavy (non-hydrogen) atoms. The summed E-state index contributed by atoms with van der Waals surface area (Å²) in [5.74, 6) is 2.20. The van der Waals surface area contributed by atoms with Gasteiger partial charge in [0.25, 0.3) is 0 Å². The summed E-state index contributed by atoms with van der Waals surface area (Å²) in [5.41, 5.74) is 0. The Hall–Kier alpha value is -1.34. The Morgan fingerprint density at radius 3 is 2.44 bits per heavy atom. The van der Waals surface area contributed by atoms with Crippen molar-refractivity contribution in [2.45, 2.75) is 51.4 Å². The molecule has 7 nitrogen and oxygen atoms in total. The van der Waals surface area contributed by atoms with E-state index in [1.807, 2.05) is 0 Å². The van der Waals surface area contributed by atoms with Crippen molar-refractivity contribution >= 4 is 11.9 Å². The quantitative estimate of drug-likeness (QED) is 0.288. The molecule has 7 heteroatoms. The number of rotatable bonds is 11. The van der Waals surface area contributed by atoms with Crippen molar-refractivity contribution in [1.82, 2.24) is 16.0 Å². The van der Waals surface area contributed by atoms with Crippen LogP contribution in [0.1, 0.15) is 51.4 Å². The molecule has 0 radical (unpaired) electrons. The number of guanidine groups is 1. The molecule has 0 unspecified atom stereocenters. The highest BCUT2D eigenvalue weighted by Crippen LogP contribution is 2.27. The van der Waals surface area contributed by atoms with Gasteiger partial charge in [-0.25, -0.2) is 0 Å². The number of amides is 1. The van der Waals surface area contributed by atoms with Crippen molar-refractivity contribution in [3.8, 4) is 0 Å². The van der Waals surface area contributed by atoms with Gasteiger partial charge in [0.15, 0.2) is 5.96 Å². The summed E-state index contributed by atoms with van der Waals surface area (Å²) in [6.07, 6.45) is 8.84. The normalized spacial score (nSPS) is 19.2. The van der Waals surface area contributed by atoms with Crippen LogP contribution in [0.5, 0.6) is 0 Å². The van der Waals surface area contributed by atoms with E-state index >= 15 is 0 Å². The second-order valence-electron chi connectivity index (χ2n) is 7.61. The predicted molar refractivity (Wildman–Crippen MR) is 108 cm³/mol. The molecule has 1 saturated heterocycles. The molecule has 0 atom stereocenters. The Kier molecular flexibility index (Phi) is 11.2. The van der Waals surface area contributed by atoms with Crippen molar-refractivity contribution in [3.63, 3.8) is 0 Å². The Balaban J connectivity index is 1.41. The second-order valence-corrected chi connectivity index (χ2v) is 7.61. The van der Waals surface area contributed by atoms with E-state index in [0.29, 0.717) is 31.3 Å². The fourth-order valence-corrected chi connectivity index (χ4v) is 3.70. The van der Waals surface area contributed by atoms with Crippen molar-refractivity contribution in [2.75, 3.05) is 53.1 Å². The van der Waals surface area contributed by atoms with Gasteiger partial charge >= 0.3 is 0 Å². The van der Waals surface area contributed by atoms with E-state index in [1.54, 1.807) is 7.05 Å². The highest BCUT2D eigenvalue weighted by atomic mass is 16.5. The SMILES string of the molecule is CN=C(NCCCOCC1CCOCC1)NCCNC(=O)CC1CCCC1. The van der Waals surface area contributed by atoms with Gasteiger partial charge in [-0.3, -0.25) is 9.79 Å². The zero-order valence-corrected chi connectivity index (χ0v) is 16.9. The van der Waals surface area contributed by atoms with Crippen LogP contribution in [0.2, 0.25) is 0 Å². The maximum atomic E-state index is 11.9. The largest absolute Gasteiger partial charge is 0.381 e. The molecule has 2 fully saturated rings. The summed E-state index contributed by atoms with van der Waals surface area (Å²) in [7, 11) is 1.76. The number of hydrogen-bond donors (Lipinski definition) is 3. The lowest BCUT2D eigenvalue weighted by Crippen LogP contribution is -2.42. The first-order chi connectivity index (χ1) is 13.3.